The summed E-state index contributed by atoms with van der Waals surface area (Å²) in [4.78, 5) is 32.5. The van der Waals surface area contributed by atoms with Crippen LogP contribution in [-0.2, 0) is 11.3 Å². The van der Waals surface area contributed by atoms with Gasteiger partial charge in [0.25, 0.3) is 11.5 Å². The summed E-state index contributed by atoms with van der Waals surface area (Å²) in [6.45, 7) is 4.22. The van der Waals surface area contributed by atoms with Crippen LogP contribution >= 0.6 is 0 Å². The molecule has 1 unspecified atom stereocenters. The number of carbonyl (C=O) groups excluding carboxylic acids is 1. The number of nitrogens with zero attached hydrogens (tertiary/aromatic N) is 4. The Kier molecular flexibility index (Phi) is 7.98. The molecule has 1 atom stereocenters. The third kappa shape index (κ3) is 5.06. The first kappa shape index (κ1) is 26.7. The number of ether oxygens (including phenoxy) is 3. The van der Waals surface area contributed by atoms with Crippen molar-refractivity contribution in [1.29, 1.82) is 5.26 Å². The van der Waals surface area contributed by atoms with E-state index < -0.39 is 22.9 Å². The van der Waals surface area contributed by atoms with E-state index in [2.05, 4.69) is 11.1 Å². The van der Waals surface area contributed by atoms with Gasteiger partial charge < -0.3 is 24.2 Å². The summed E-state index contributed by atoms with van der Waals surface area (Å²) < 4.78 is 18.0. The third-order valence-corrected chi connectivity index (χ3v) is 6.52. The number of rotatable bonds is 8. The smallest absolute Gasteiger partial charge is 0.289 e. The van der Waals surface area contributed by atoms with E-state index in [0.29, 0.717) is 36.6 Å². The Morgan fingerprint density at radius 2 is 1.84 bits per heavy atom. The predicted molar refractivity (Wildman–Crippen MR) is 139 cm³/mol. The lowest BCUT2D eigenvalue weighted by Gasteiger charge is -2.23. The van der Waals surface area contributed by atoms with Gasteiger partial charge in [0, 0.05) is 19.0 Å². The van der Waals surface area contributed by atoms with E-state index in [4.69, 9.17) is 14.2 Å². The molecule has 2 aromatic carbocycles. The second kappa shape index (κ2) is 11.4. The normalized spacial score (nSPS) is 14.9. The van der Waals surface area contributed by atoms with E-state index in [1.54, 1.807) is 30.3 Å². The minimum atomic E-state index is -0.860. The Labute approximate surface area is 220 Å². The van der Waals surface area contributed by atoms with Gasteiger partial charge in [0.15, 0.2) is 5.56 Å². The van der Waals surface area contributed by atoms with Crippen molar-refractivity contribution in [1.82, 2.24) is 14.5 Å². The summed E-state index contributed by atoms with van der Waals surface area (Å²) in [6, 6.07) is 14.5. The minimum absolute atomic E-state index is 0.0693. The van der Waals surface area contributed by atoms with Crippen LogP contribution in [0.25, 0.3) is 5.69 Å². The number of nitriles is 1. The zero-order valence-electron chi connectivity index (χ0n) is 21.8. The van der Waals surface area contributed by atoms with Crippen molar-refractivity contribution >= 4 is 5.91 Å². The van der Waals surface area contributed by atoms with Crippen molar-refractivity contribution in [3.8, 4) is 29.1 Å². The van der Waals surface area contributed by atoms with Gasteiger partial charge >= 0.3 is 0 Å². The number of likely N-dealkylation sites (tertiary alicyclic amines) is 1. The van der Waals surface area contributed by atoms with Gasteiger partial charge in [-0.15, -0.1) is 0 Å². The number of hydrogen-bond donors (Lipinski definition) is 1. The lowest BCUT2D eigenvalue weighted by Crippen LogP contribution is -2.35. The Morgan fingerprint density at radius 3 is 2.47 bits per heavy atom. The lowest BCUT2D eigenvalue weighted by atomic mass is 9.94. The molecule has 38 heavy (non-hydrogen) atoms. The summed E-state index contributed by atoms with van der Waals surface area (Å²) in [6.07, 6.45) is 0.439. The topological polar surface area (TPSA) is 127 Å². The van der Waals surface area contributed by atoms with Crippen LogP contribution in [0.15, 0.2) is 47.3 Å². The molecule has 2 heterocycles. The van der Waals surface area contributed by atoms with Crippen molar-refractivity contribution in [3.63, 3.8) is 0 Å². The molecule has 10 heteroatoms. The van der Waals surface area contributed by atoms with E-state index in [0.717, 1.165) is 5.56 Å². The van der Waals surface area contributed by atoms with Gasteiger partial charge in [-0.25, -0.2) is 0 Å². The second-order valence-electron chi connectivity index (χ2n) is 9.17. The molecule has 10 nitrogen and oxygen atoms in total. The van der Waals surface area contributed by atoms with Crippen LogP contribution in [0.2, 0.25) is 0 Å². The number of hydrogen-bond acceptors (Lipinski definition) is 8. The highest BCUT2D eigenvalue weighted by molar-refractivity contribution is 5.96. The molecule has 4 rings (SSSR count). The molecule has 1 aliphatic heterocycles. The average molecular weight is 519 g/mol. The third-order valence-electron chi connectivity index (χ3n) is 6.52. The Bertz CT molecular complexity index is 1420. The number of methoxy groups -OCH3 is 2. The Morgan fingerprint density at radius 1 is 1.16 bits per heavy atom. The molecule has 0 radical (unpaired) electrons. The van der Waals surface area contributed by atoms with E-state index >= 15 is 0 Å². The molecule has 1 aliphatic rings. The SMILES string of the molecule is COc1cccc(OC)c1-n1c(COC(C)C)nc(=O)c(C(=O)N2CCC(c3ccccc3C#N)C2)c1O. The Balaban J connectivity index is 1.80. The summed E-state index contributed by atoms with van der Waals surface area (Å²) in [5.74, 6) is -0.535. The highest BCUT2D eigenvalue weighted by Crippen LogP contribution is 2.37. The van der Waals surface area contributed by atoms with Gasteiger partial charge in [-0.3, -0.25) is 14.2 Å². The number of carbonyl (C=O) groups is 1. The first-order valence-corrected chi connectivity index (χ1v) is 12.3. The number of aromatic nitrogens is 2. The molecule has 0 bridgehead atoms. The van der Waals surface area contributed by atoms with Crippen LogP contribution in [0, 0.1) is 11.3 Å². The van der Waals surface area contributed by atoms with Crippen LogP contribution in [0.3, 0.4) is 0 Å². The van der Waals surface area contributed by atoms with E-state index in [9.17, 15) is 20.0 Å². The number of para-hydroxylation sites is 1. The lowest BCUT2D eigenvalue weighted by molar-refractivity contribution is 0.0590. The minimum Gasteiger partial charge on any atom is -0.494 e. The number of benzene rings is 2. The molecule has 1 fully saturated rings. The highest BCUT2D eigenvalue weighted by atomic mass is 16.5. The summed E-state index contributed by atoms with van der Waals surface area (Å²) in [7, 11) is 2.93. The van der Waals surface area contributed by atoms with Crippen molar-refractivity contribution in [2.24, 2.45) is 0 Å². The fourth-order valence-corrected chi connectivity index (χ4v) is 4.68. The highest BCUT2D eigenvalue weighted by Gasteiger charge is 2.34. The quantitative estimate of drug-likeness (QED) is 0.481. The van der Waals surface area contributed by atoms with Crippen molar-refractivity contribution < 1.29 is 24.1 Å². The maximum absolute atomic E-state index is 13.6. The van der Waals surface area contributed by atoms with Crippen molar-refractivity contribution in [3.05, 3.63) is 75.3 Å². The molecule has 1 saturated heterocycles. The fraction of sp³-hybridized carbons (Fsp3) is 0.357. The van der Waals surface area contributed by atoms with Crippen molar-refractivity contribution in [2.75, 3.05) is 27.3 Å². The summed E-state index contributed by atoms with van der Waals surface area (Å²) in [5, 5.41) is 21.0. The largest absolute Gasteiger partial charge is 0.494 e. The predicted octanol–water partition coefficient (Wildman–Crippen LogP) is 3.38. The van der Waals surface area contributed by atoms with Crippen LogP contribution < -0.4 is 15.0 Å². The molecule has 0 saturated carbocycles. The number of aromatic hydroxyl groups is 1. The summed E-state index contributed by atoms with van der Waals surface area (Å²) >= 11 is 0. The molecule has 3 aromatic rings. The fourth-order valence-electron chi connectivity index (χ4n) is 4.68. The second-order valence-corrected chi connectivity index (χ2v) is 9.17. The molecular formula is C28H30N4O6. The van der Waals surface area contributed by atoms with Gasteiger partial charge in [0.1, 0.15) is 29.6 Å². The standard InChI is InChI=1S/C28H30N4O6/c1-17(2)38-16-23-30-26(33)24(28(35)32(23)25-21(36-3)10-7-11-22(25)37-4)27(34)31-13-12-19(15-31)20-9-6-5-8-18(20)14-29/h5-11,17,19,35H,12-13,15-16H2,1-4H3. The van der Waals surface area contributed by atoms with E-state index in [-0.39, 0.29) is 30.1 Å². The maximum atomic E-state index is 13.6. The van der Waals surface area contributed by atoms with Gasteiger partial charge in [-0.05, 0) is 44.0 Å². The monoisotopic (exact) mass is 518 g/mol. The van der Waals surface area contributed by atoms with Gasteiger partial charge in [-0.1, -0.05) is 24.3 Å². The molecule has 1 aromatic heterocycles. The van der Waals surface area contributed by atoms with Gasteiger partial charge in [0.2, 0.25) is 5.88 Å². The molecule has 1 N–H and O–H groups in total. The molecular weight excluding hydrogens is 488 g/mol. The number of amides is 1. The van der Waals surface area contributed by atoms with E-state index in [1.165, 1.54) is 23.7 Å². The van der Waals surface area contributed by atoms with Crippen LogP contribution in [0.4, 0.5) is 0 Å². The molecule has 1 amide bonds. The van der Waals surface area contributed by atoms with Crippen LogP contribution in [0.5, 0.6) is 17.4 Å². The first-order valence-electron chi connectivity index (χ1n) is 12.3. The van der Waals surface area contributed by atoms with Gasteiger partial charge in [0.05, 0.1) is 32.0 Å². The zero-order valence-corrected chi connectivity index (χ0v) is 21.8. The summed E-state index contributed by atoms with van der Waals surface area (Å²) in [5.41, 5.74) is 0.365. The van der Waals surface area contributed by atoms with Crippen LogP contribution in [-0.4, -0.2) is 58.9 Å². The first-order chi connectivity index (χ1) is 18.3. The average Bonchev–Trinajstić information content (AvgIpc) is 3.41. The Hall–Kier alpha value is -4.36. The maximum Gasteiger partial charge on any atom is 0.289 e. The molecule has 0 aliphatic carbocycles. The van der Waals surface area contributed by atoms with E-state index in [1.807, 2.05) is 26.0 Å². The molecule has 0 spiro atoms. The van der Waals surface area contributed by atoms with Crippen molar-refractivity contribution in [2.45, 2.75) is 38.9 Å². The molecule has 198 valence electrons. The zero-order chi connectivity index (χ0) is 27.4. The van der Waals surface area contributed by atoms with Gasteiger partial charge in [-0.2, -0.15) is 10.2 Å². The van der Waals surface area contributed by atoms with Crippen LogP contribution in [0.1, 0.15) is 53.5 Å².